The van der Waals surface area contributed by atoms with E-state index in [1.54, 1.807) is 13.0 Å². The van der Waals surface area contributed by atoms with Gasteiger partial charge in [0.25, 0.3) is 0 Å². The van der Waals surface area contributed by atoms with Crippen LogP contribution < -0.4 is 0 Å². The van der Waals surface area contributed by atoms with Gasteiger partial charge in [-0.15, -0.1) is 0 Å². The molecule has 2 N–H and O–H groups in total. The van der Waals surface area contributed by atoms with Crippen LogP contribution in [0.1, 0.15) is 55.7 Å². The van der Waals surface area contributed by atoms with Crippen LogP contribution in [0.25, 0.3) is 27.5 Å². The molecule has 2 atom stereocenters. The van der Waals surface area contributed by atoms with Crippen molar-refractivity contribution in [2.24, 2.45) is 0 Å². The number of nitrogens with zero attached hydrogens (tertiary/aromatic N) is 2. The van der Waals surface area contributed by atoms with Gasteiger partial charge in [0.15, 0.2) is 23.1 Å². The normalized spacial score (nSPS) is 23.2. The maximum absolute atomic E-state index is 16.2. The molecule has 0 unspecified atom stereocenters. The van der Waals surface area contributed by atoms with Crippen LogP contribution in [0.2, 0.25) is 0 Å². The van der Waals surface area contributed by atoms with Crippen LogP contribution in [0.15, 0.2) is 30.5 Å². The summed E-state index contributed by atoms with van der Waals surface area (Å²) in [6.45, 7) is 2.68. The third kappa shape index (κ3) is 3.81. The van der Waals surface area contributed by atoms with Gasteiger partial charge in [-0.25, -0.2) is 18.0 Å². The van der Waals surface area contributed by atoms with Gasteiger partial charge in [-0.05, 0) is 56.4 Å². The summed E-state index contributed by atoms with van der Waals surface area (Å²) in [6, 6.07) is 5.48. The second-order valence-electron chi connectivity index (χ2n) is 10.1. The number of hydrogen-bond donors (Lipinski definition) is 2. The highest BCUT2D eigenvalue weighted by molar-refractivity contribution is 6.00. The first-order valence-corrected chi connectivity index (χ1v) is 12.4. The zero-order valence-electron chi connectivity index (χ0n) is 20.2. The molecule has 2 aromatic carbocycles. The van der Waals surface area contributed by atoms with E-state index >= 15 is 4.39 Å². The van der Waals surface area contributed by atoms with Crippen LogP contribution in [0.4, 0.5) is 13.2 Å². The number of nitrogens with one attached hydrogen (secondary N) is 1. The van der Waals surface area contributed by atoms with Crippen LogP contribution in [0, 0.1) is 17.5 Å². The molecule has 10 heteroatoms. The molecule has 4 heterocycles. The lowest BCUT2D eigenvalue weighted by molar-refractivity contribution is -0.170. The Labute approximate surface area is 210 Å². The number of fused-ring (bicyclic) bond motifs is 2. The molecular formula is C27H26F3N3O4. The van der Waals surface area contributed by atoms with Crippen LogP contribution >= 0.6 is 0 Å². The van der Waals surface area contributed by atoms with E-state index in [1.807, 2.05) is 4.57 Å². The van der Waals surface area contributed by atoms with Crippen molar-refractivity contribution in [2.45, 2.75) is 50.0 Å². The molecule has 6 rings (SSSR count). The van der Waals surface area contributed by atoms with E-state index < -0.39 is 29.0 Å². The summed E-state index contributed by atoms with van der Waals surface area (Å²) >= 11 is 0. The molecule has 0 amide bonds. The Hall–Kier alpha value is -3.37. The van der Waals surface area contributed by atoms with Gasteiger partial charge in [0, 0.05) is 53.3 Å². The molecule has 2 fully saturated rings. The number of H-pyrrole nitrogens is 1. The van der Waals surface area contributed by atoms with E-state index in [4.69, 9.17) is 9.47 Å². The van der Waals surface area contributed by atoms with Gasteiger partial charge in [-0.1, -0.05) is 0 Å². The Balaban J connectivity index is 1.65. The third-order valence-electron chi connectivity index (χ3n) is 7.89. The lowest BCUT2D eigenvalue weighted by atomic mass is 9.81. The maximum atomic E-state index is 16.2. The van der Waals surface area contributed by atoms with Crippen LogP contribution in [0.3, 0.4) is 0 Å². The number of ether oxygens (including phenoxy) is 2. The molecule has 7 nitrogen and oxygen atoms in total. The Kier molecular flexibility index (Phi) is 5.76. The first-order valence-electron chi connectivity index (χ1n) is 12.4. The number of benzene rings is 2. The molecule has 2 aliphatic heterocycles. The SMILES string of the molecule is C[C@]1(C(=O)O)CC[C@H](c2c(C3CCOCC3)n(-c3ccc(F)c(F)c3)c3cc4cn[nH]c4c(F)c23)CO1. The molecule has 0 radical (unpaired) electrons. The van der Waals surface area contributed by atoms with Crippen molar-refractivity contribution in [2.75, 3.05) is 19.8 Å². The molecule has 0 bridgehead atoms. The fraction of sp³-hybridized carbons (Fsp3) is 0.407. The highest BCUT2D eigenvalue weighted by Crippen LogP contribution is 2.47. The first kappa shape index (κ1) is 24.0. The zero-order chi connectivity index (χ0) is 25.9. The number of carboxylic acid groups (broad SMARTS) is 1. The lowest BCUT2D eigenvalue weighted by Gasteiger charge is -2.35. The molecule has 0 aliphatic carbocycles. The molecule has 0 saturated carbocycles. The minimum absolute atomic E-state index is 0.0343. The summed E-state index contributed by atoms with van der Waals surface area (Å²) < 4.78 is 57.9. The monoisotopic (exact) mass is 513 g/mol. The average molecular weight is 514 g/mol. The standard InChI is InChI=1S/C27H26F3N3O4/c1-27(26(34)35)7-4-15(13-37-27)21-22-20(10-16-12-31-32-24(16)23(22)30)33(17-2-3-18(28)19(29)11-17)25(21)14-5-8-36-9-6-14/h2-3,10-12,14-15H,4-9,13H2,1H3,(H,31,32)(H,34,35)/t15-,27+/m0/s1. The number of aliphatic carboxylic acids is 1. The number of hydrogen-bond acceptors (Lipinski definition) is 4. The van der Waals surface area contributed by atoms with E-state index in [1.165, 1.54) is 12.3 Å². The summed E-state index contributed by atoms with van der Waals surface area (Å²) in [5.41, 5.74) is 1.35. The highest BCUT2D eigenvalue weighted by Gasteiger charge is 2.42. The number of carbonyl (C=O) groups is 1. The smallest absolute Gasteiger partial charge is 0.335 e. The molecule has 0 spiro atoms. The number of carboxylic acids is 1. The van der Waals surface area contributed by atoms with Gasteiger partial charge in [0.1, 0.15) is 5.52 Å². The summed E-state index contributed by atoms with van der Waals surface area (Å²) in [4.78, 5) is 11.8. The molecule has 194 valence electrons. The van der Waals surface area contributed by atoms with Crippen LogP contribution in [-0.4, -0.2) is 51.3 Å². The van der Waals surface area contributed by atoms with E-state index in [9.17, 15) is 18.7 Å². The molecule has 2 saturated heterocycles. The number of rotatable bonds is 4. The van der Waals surface area contributed by atoms with Gasteiger partial charge in [0.05, 0.1) is 18.3 Å². The summed E-state index contributed by atoms with van der Waals surface area (Å²) in [6.07, 6.45) is 3.60. The van der Waals surface area contributed by atoms with E-state index in [0.29, 0.717) is 60.0 Å². The zero-order valence-corrected chi connectivity index (χ0v) is 20.2. The minimum atomic E-state index is -1.32. The Morgan fingerprint density at radius 3 is 2.59 bits per heavy atom. The molecule has 2 aliphatic rings. The summed E-state index contributed by atoms with van der Waals surface area (Å²) in [7, 11) is 0. The van der Waals surface area contributed by atoms with Crippen LogP contribution in [-0.2, 0) is 14.3 Å². The van der Waals surface area contributed by atoms with Crippen molar-refractivity contribution in [3.63, 3.8) is 0 Å². The summed E-state index contributed by atoms with van der Waals surface area (Å²) in [5.74, 6) is -3.82. The van der Waals surface area contributed by atoms with Crippen LogP contribution in [0.5, 0.6) is 0 Å². The predicted molar refractivity (Wildman–Crippen MR) is 130 cm³/mol. The minimum Gasteiger partial charge on any atom is -0.479 e. The van der Waals surface area contributed by atoms with Crippen molar-refractivity contribution in [3.8, 4) is 5.69 Å². The lowest BCUT2D eigenvalue weighted by Crippen LogP contribution is -2.43. The van der Waals surface area contributed by atoms with E-state index in [2.05, 4.69) is 10.2 Å². The molecular weight excluding hydrogens is 487 g/mol. The topological polar surface area (TPSA) is 89.4 Å². The molecule has 2 aromatic heterocycles. The Morgan fingerprint density at radius 1 is 1.14 bits per heavy atom. The largest absolute Gasteiger partial charge is 0.479 e. The Bertz CT molecular complexity index is 1510. The fourth-order valence-electron chi connectivity index (χ4n) is 5.82. The maximum Gasteiger partial charge on any atom is 0.335 e. The second kappa shape index (κ2) is 8.88. The van der Waals surface area contributed by atoms with Gasteiger partial charge in [0.2, 0.25) is 0 Å². The number of aromatic amines is 1. The van der Waals surface area contributed by atoms with Crippen molar-refractivity contribution in [3.05, 3.63) is 59.2 Å². The Morgan fingerprint density at radius 2 is 1.92 bits per heavy atom. The second-order valence-corrected chi connectivity index (χ2v) is 10.1. The van der Waals surface area contributed by atoms with E-state index in [-0.39, 0.29) is 30.4 Å². The molecule has 37 heavy (non-hydrogen) atoms. The van der Waals surface area contributed by atoms with Crippen molar-refractivity contribution in [1.82, 2.24) is 14.8 Å². The van der Waals surface area contributed by atoms with Gasteiger partial charge >= 0.3 is 5.97 Å². The van der Waals surface area contributed by atoms with E-state index in [0.717, 1.165) is 17.8 Å². The molecule has 4 aromatic rings. The van der Waals surface area contributed by atoms with Crippen molar-refractivity contribution in [1.29, 1.82) is 0 Å². The first-order chi connectivity index (χ1) is 17.8. The fourth-order valence-corrected chi connectivity index (χ4v) is 5.82. The van der Waals surface area contributed by atoms with Gasteiger partial charge in [-0.3, -0.25) is 5.10 Å². The van der Waals surface area contributed by atoms with Gasteiger partial charge < -0.3 is 19.1 Å². The van der Waals surface area contributed by atoms with Crippen molar-refractivity contribution >= 4 is 27.8 Å². The summed E-state index contributed by atoms with van der Waals surface area (Å²) in [5, 5.41) is 17.3. The van der Waals surface area contributed by atoms with Crippen molar-refractivity contribution < 1.29 is 32.5 Å². The quantitative estimate of drug-likeness (QED) is 0.373. The highest BCUT2D eigenvalue weighted by atomic mass is 19.2. The van der Waals surface area contributed by atoms with Gasteiger partial charge in [-0.2, -0.15) is 5.10 Å². The average Bonchev–Trinajstić information content (AvgIpc) is 3.50. The third-order valence-corrected chi connectivity index (χ3v) is 7.89. The predicted octanol–water partition coefficient (Wildman–Crippen LogP) is 5.56. The number of halogens is 3. The number of aromatic nitrogens is 3.